The Kier molecular flexibility index (Phi) is 4.85. The van der Waals surface area contributed by atoms with Gasteiger partial charge >= 0.3 is 0 Å². The number of fused-ring (bicyclic) bond motifs is 1. The fourth-order valence-electron chi connectivity index (χ4n) is 3.85. The summed E-state index contributed by atoms with van der Waals surface area (Å²) in [5.74, 6) is 1.07. The molecule has 1 aromatic carbocycles. The molecule has 3 unspecified atom stereocenters. The van der Waals surface area contributed by atoms with Crippen molar-refractivity contribution in [3.63, 3.8) is 0 Å². The van der Waals surface area contributed by atoms with Crippen molar-refractivity contribution in [1.82, 2.24) is 14.7 Å². The van der Waals surface area contributed by atoms with Gasteiger partial charge in [-0.15, -0.1) is 12.4 Å². The molecular weight excluding hydrogens is 347 g/mol. The maximum Gasteiger partial charge on any atom is 0.257 e. The SMILES string of the molecule is Cl.NC1CCC2CN(C(=O)c3cnn(-c4cccc(Cl)c4)c3)CC12. The van der Waals surface area contributed by atoms with Crippen LogP contribution in [-0.2, 0) is 0 Å². The molecule has 1 aliphatic heterocycles. The Bertz CT molecular complexity index is 748. The van der Waals surface area contributed by atoms with Gasteiger partial charge in [-0.25, -0.2) is 4.68 Å². The van der Waals surface area contributed by atoms with Crippen LogP contribution in [0.25, 0.3) is 5.69 Å². The highest BCUT2D eigenvalue weighted by atomic mass is 35.5. The number of rotatable bonds is 2. The van der Waals surface area contributed by atoms with Crippen LogP contribution in [0.3, 0.4) is 0 Å². The second kappa shape index (κ2) is 6.75. The van der Waals surface area contributed by atoms with Crippen LogP contribution in [0.15, 0.2) is 36.7 Å². The number of carbonyl (C=O) groups is 1. The van der Waals surface area contributed by atoms with Gasteiger partial charge in [-0.1, -0.05) is 17.7 Å². The number of hydrogen-bond donors (Lipinski definition) is 1. The Balaban J connectivity index is 0.00000169. The minimum atomic E-state index is 0. The number of nitrogens with zero attached hydrogens (tertiary/aromatic N) is 3. The molecule has 1 saturated carbocycles. The van der Waals surface area contributed by atoms with E-state index in [1.807, 2.05) is 29.2 Å². The molecule has 5 nitrogen and oxygen atoms in total. The summed E-state index contributed by atoms with van der Waals surface area (Å²) in [5, 5.41) is 4.94. The van der Waals surface area contributed by atoms with Gasteiger partial charge in [0.2, 0.25) is 0 Å². The fourth-order valence-corrected chi connectivity index (χ4v) is 4.03. The minimum absolute atomic E-state index is 0. The molecule has 0 radical (unpaired) electrons. The van der Waals surface area contributed by atoms with Crippen molar-refractivity contribution < 1.29 is 4.79 Å². The van der Waals surface area contributed by atoms with Gasteiger partial charge in [-0.05, 0) is 42.9 Å². The molecular formula is C17H20Cl2N4O. The molecule has 1 saturated heterocycles. The van der Waals surface area contributed by atoms with Crippen molar-refractivity contribution in [3.8, 4) is 5.69 Å². The maximum atomic E-state index is 12.7. The molecule has 1 aromatic heterocycles. The van der Waals surface area contributed by atoms with Crippen molar-refractivity contribution >= 4 is 29.9 Å². The van der Waals surface area contributed by atoms with E-state index in [1.54, 1.807) is 17.1 Å². The third kappa shape index (κ3) is 3.04. The lowest BCUT2D eigenvalue weighted by molar-refractivity contribution is 0.0779. The second-order valence-corrected chi connectivity index (χ2v) is 6.97. The first-order valence-electron chi connectivity index (χ1n) is 7.97. The van der Waals surface area contributed by atoms with Crippen molar-refractivity contribution in [1.29, 1.82) is 0 Å². The second-order valence-electron chi connectivity index (χ2n) is 6.53. The van der Waals surface area contributed by atoms with Crippen LogP contribution >= 0.6 is 24.0 Å². The van der Waals surface area contributed by atoms with Crippen LogP contribution in [0.1, 0.15) is 23.2 Å². The zero-order valence-corrected chi connectivity index (χ0v) is 14.7. The summed E-state index contributed by atoms with van der Waals surface area (Å²) in [6.45, 7) is 1.59. The predicted molar refractivity (Wildman–Crippen MR) is 95.9 cm³/mol. The molecule has 2 heterocycles. The zero-order valence-electron chi connectivity index (χ0n) is 13.1. The first-order valence-corrected chi connectivity index (χ1v) is 8.35. The van der Waals surface area contributed by atoms with E-state index in [4.69, 9.17) is 17.3 Å². The quantitative estimate of drug-likeness (QED) is 0.888. The number of carbonyl (C=O) groups excluding carboxylic acids is 1. The van der Waals surface area contributed by atoms with Crippen molar-refractivity contribution in [3.05, 3.63) is 47.2 Å². The van der Waals surface area contributed by atoms with E-state index in [2.05, 4.69) is 5.10 Å². The van der Waals surface area contributed by atoms with Gasteiger partial charge in [-0.3, -0.25) is 4.79 Å². The van der Waals surface area contributed by atoms with Crippen molar-refractivity contribution in [2.75, 3.05) is 13.1 Å². The summed E-state index contributed by atoms with van der Waals surface area (Å²) in [6, 6.07) is 7.65. The summed E-state index contributed by atoms with van der Waals surface area (Å²) in [7, 11) is 0. The molecule has 0 spiro atoms. The van der Waals surface area contributed by atoms with Gasteiger partial charge < -0.3 is 10.6 Å². The number of nitrogens with two attached hydrogens (primary N) is 1. The Hall–Kier alpha value is -1.56. The van der Waals surface area contributed by atoms with Crippen molar-refractivity contribution in [2.24, 2.45) is 17.6 Å². The predicted octanol–water partition coefficient (Wildman–Crippen LogP) is 2.76. The van der Waals surface area contributed by atoms with E-state index < -0.39 is 0 Å². The summed E-state index contributed by atoms with van der Waals surface area (Å²) in [5.41, 5.74) is 7.60. The normalized spacial score (nSPS) is 25.4. The summed E-state index contributed by atoms with van der Waals surface area (Å²) in [4.78, 5) is 14.6. The molecule has 7 heteroatoms. The molecule has 128 valence electrons. The highest BCUT2D eigenvalue weighted by molar-refractivity contribution is 6.30. The highest BCUT2D eigenvalue weighted by Gasteiger charge is 2.42. The van der Waals surface area contributed by atoms with E-state index in [0.29, 0.717) is 22.4 Å². The van der Waals surface area contributed by atoms with Gasteiger partial charge in [0, 0.05) is 30.4 Å². The molecule has 2 aliphatic rings. The van der Waals surface area contributed by atoms with Crippen LogP contribution in [-0.4, -0.2) is 39.7 Å². The Labute approximate surface area is 152 Å². The van der Waals surface area contributed by atoms with Gasteiger partial charge in [-0.2, -0.15) is 5.10 Å². The third-order valence-electron chi connectivity index (χ3n) is 5.10. The van der Waals surface area contributed by atoms with Crippen molar-refractivity contribution in [2.45, 2.75) is 18.9 Å². The van der Waals surface area contributed by atoms with Gasteiger partial charge in [0.25, 0.3) is 5.91 Å². The lowest BCUT2D eigenvalue weighted by Crippen LogP contribution is -2.33. The molecule has 0 bridgehead atoms. The maximum absolute atomic E-state index is 12.7. The monoisotopic (exact) mass is 366 g/mol. The molecule has 1 amide bonds. The van der Waals surface area contributed by atoms with Crippen LogP contribution in [0.5, 0.6) is 0 Å². The van der Waals surface area contributed by atoms with E-state index >= 15 is 0 Å². The number of aromatic nitrogens is 2. The molecule has 24 heavy (non-hydrogen) atoms. The molecule has 3 atom stereocenters. The summed E-state index contributed by atoms with van der Waals surface area (Å²) in [6.07, 6.45) is 5.61. The molecule has 2 aromatic rings. The number of benzene rings is 1. The topological polar surface area (TPSA) is 64.2 Å². The zero-order chi connectivity index (χ0) is 16.0. The van der Waals surface area contributed by atoms with E-state index in [0.717, 1.165) is 31.6 Å². The highest BCUT2D eigenvalue weighted by Crippen LogP contribution is 2.37. The molecule has 2 fully saturated rings. The van der Waals surface area contributed by atoms with Crippen LogP contribution in [0.4, 0.5) is 0 Å². The van der Waals surface area contributed by atoms with Gasteiger partial charge in [0.05, 0.1) is 17.4 Å². The number of amides is 1. The average Bonchev–Trinajstić information content (AvgIpc) is 3.24. The summed E-state index contributed by atoms with van der Waals surface area (Å²) >= 11 is 6.01. The smallest absolute Gasteiger partial charge is 0.257 e. The lowest BCUT2D eigenvalue weighted by atomic mass is 9.98. The fraction of sp³-hybridized carbons (Fsp3) is 0.412. The minimum Gasteiger partial charge on any atom is -0.338 e. The summed E-state index contributed by atoms with van der Waals surface area (Å²) < 4.78 is 1.68. The first kappa shape index (κ1) is 17.3. The first-order chi connectivity index (χ1) is 11.1. The third-order valence-corrected chi connectivity index (χ3v) is 5.34. The van der Waals surface area contributed by atoms with Crippen LogP contribution in [0.2, 0.25) is 5.02 Å². The van der Waals surface area contributed by atoms with E-state index in [-0.39, 0.29) is 24.4 Å². The lowest BCUT2D eigenvalue weighted by Gasteiger charge is -2.17. The largest absolute Gasteiger partial charge is 0.338 e. The van der Waals surface area contributed by atoms with Crippen LogP contribution in [0, 0.1) is 11.8 Å². The Morgan fingerprint density at radius 3 is 2.88 bits per heavy atom. The van der Waals surface area contributed by atoms with E-state index in [1.165, 1.54) is 0 Å². The van der Waals surface area contributed by atoms with Gasteiger partial charge in [0.15, 0.2) is 0 Å². The number of likely N-dealkylation sites (tertiary alicyclic amines) is 1. The van der Waals surface area contributed by atoms with Gasteiger partial charge in [0.1, 0.15) is 0 Å². The van der Waals surface area contributed by atoms with E-state index in [9.17, 15) is 4.79 Å². The number of halogens is 2. The van der Waals surface area contributed by atoms with Crippen LogP contribution < -0.4 is 5.73 Å². The molecule has 4 rings (SSSR count). The molecule has 1 aliphatic carbocycles. The Morgan fingerprint density at radius 1 is 1.29 bits per heavy atom. The Morgan fingerprint density at radius 2 is 2.12 bits per heavy atom. The standard InChI is InChI=1S/C17H19ClN4O.ClH/c18-13-2-1-3-14(6-13)22-9-12(7-20-22)17(23)21-8-11-4-5-16(19)15(11)10-21;/h1-3,6-7,9,11,15-16H,4-5,8,10,19H2;1H. The number of hydrogen-bond acceptors (Lipinski definition) is 3. The molecule has 2 N–H and O–H groups in total. The average molecular weight is 367 g/mol.